The Balaban J connectivity index is 2.09. The van der Waals surface area contributed by atoms with E-state index in [0.29, 0.717) is 24.7 Å². The van der Waals surface area contributed by atoms with Crippen molar-refractivity contribution in [2.24, 2.45) is 0 Å². The highest BCUT2D eigenvalue weighted by Gasteiger charge is 2.17. The molecule has 1 fully saturated rings. The number of carbonyl (C=O) groups excluding carboxylic acids is 1. The van der Waals surface area contributed by atoms with Crippen LogP contribution in [0, 0.1) is 18.3 Å². The molecule has 0 bridgehead atoms. The van der Waals surface area contributed by atoms with Crippen molar-refractivity contribution < 1.29 is 4.79 Å². The van der Waals surface area contributed by atoms with E-state index in [1.54, 1.807) is 4.90 Å². The maximum absolute atomic E-state index is 10.7. The minimum atomic E-state index is 0.217. The van der Waals surface area contributed by atoms with Crippen molar-refractivity contribution in [3.05, 3.63) is 11.9 Å². The maximum atomic E-state index is 10.7. The van der Waals surface area contributed by atoms with Crippen LogP contribution >= 0.6 is 0 Å². The summed E-state index contributed by atoms with van der Waals surface area (Å²) >= 11 is 0. The van der Waals surface area contributed by atoms with Gasteiger partial charge in [-0.05, 0) is 6.92 Å². The first-order valence-electron chi connectivity index (χ1n) is 6.13. The van der Waals surface area contributed by atoms with E-state index in [2.05, 4.69) is 20.2 Å². The predicted octanol–water partition coefficient (Wildman–Crippen LogP) is -0.00110. The second kappa shape index (κ2) is 6.00. The third-order valence-electron chi connectivity index (χ3n) is 2.96. The molecule has 0 aliphatic carbocycles. The molecule has 1 aromatic rings. The molecule has 0 radical (unpaired) electrons. The lowest BCUT2D eigenvalue weighted by Gasteiger charge is -2.33. The fourth-order valence-electron chi connectivity index (χ4n) is 1.99. The molecule has 1 amide bonds. The molecule has 1 aromatic heterocycles. The number of hydrogen-bond acceptors (Lipinski definition) is 6. The topological polar surface area (TPSA) is 85.2 Å². The van der Waals surface area contributed by atoms with Gasteiger partial charge in [-0.1, -0.05) is 0 Å². The summed E-state index contributed by atoms with van der Waals surface area (Å²) in [5, 5.41) is 11.5. The highest BCUT2D eigenvalue weighted by Crippen LogP contribution is 2.17. The minimum Gasteiger partial charge on any atom is -0.357 e. The van der Waals surface area contributed by atoms with Gasteiger partial charge in [0, 0.05) is 32.2 Å². The second-order valence-electron chi connectivity index (χ2n) is 4.30. The molecule has 0 saturated carbocycles. The fourth-order valence-corrected chi connectivity index (χ4v) is 1.99. The van der Waals surface area contributed by atoms with Gasteiger partial charge in [-0.15, -0.1) is 0 Å². The number of rotatable bonds is 4. The molecule has 0 unspecified atom stereocenters. The summed E-state index contributed by atoms with van der Waals surface area (Å²) < 4.78 is 0. The van der Waals surface area contributed by atoms with Crippen LogP contribution in [0.4, 0.5) is 11.6 Å². The van der Waals surface area contributed by atoms with Gasteiger partial charge in [-0.3, -0.25) is 4.79 Å². The van der Waals surface area contributed by atoms with Crippen LogP contribution in [0.25, 0.3) is 0 Å². The van der Waals surface area contributed by atoms with Crippen molar-refractivity contribution in [1.29, 1.82) is 5.26 Å². The minimum absolute atomic E-state index is 0.217. The lowest BCUT2D eigenvalue weighted by Crippen LogP contribution is -2.46. The van der Waals surface area contributed by atoms with Gasteiger partial charge >= 0.3 is 0 Å². The Labute approximate surface area is 111 Å². The number of piperazine rings is 1. The van der Waals surface area contributed by atoms with Crippen molar-refractivity contribution in [3.8, 4) is 6.07 Å². The smallest absolute Gasteiger partial charge is 0.209 e. The highest BCUT2D eigenvalue weighted by atomic mass is 16.1. The third kappa shape index (κ3) is 3.31. The monoisotopic (exact) mass is 260 g/mol. The van der Waals surface area contributed by atoms with E-state index < -0.39 is 0 Å². The Hall–Kier alpha value is -2.36. The van der Waals surface area contributed by atoms with Gasteiger partial charge < -0.3 is 15.1 Å². The molecule has 0 spiro atoms. The quantitative estimate of drug-likeness (QED) is 0.606. The molecule has 0 aromatic carbocycles. The van der Waals surface area contributed by atoms with Gasteiger partial charge in [0.2, 0.25) is 6.41 Å². The van der Waals surface area contributed by atoms with E-state index in [9.17, 15) is 4.79 Å². The van der Waals surface area contributed by atoms with Crippen molar-refractivity contribution in [3.63, 3.8) is 0 Å². The average Bonchev–Trinajstić information content (AvgIpc) is 2.44. The Morgan fingerprint density at radius 2 is 2.16 bits per heavy atom. The first-order chi connectivity index (χ1) is 9.22. The van der Waals surface area contributed by atoms with Crippen LogP contribution in [0.1, 0.15) is 5.82 Å². The third-order valence-corrected chi connectivity index (χ3v) is 2.96. The zero-order valence-electron chi connectivity index (χ0n) is 10.8. The maximum Gasteiger partial charge on any atom is 0.209 e. The molecule has 2 heterocycles. The highest BCUT2D eigenvalue weighted by molar-refractivity contribution is 5.52. The van der Waals surface area contributed by atoms with Gasteiger partial charge in [-0.2, -0.15) is 5.26 Å². The van der Waals surface area contributed by atoms with Gasteiger partial charge in [0.25, 0.3) is 0 Å². The number of carbonyl (C=O) groups is 1. The van der Waals surface area contributed by atoms with E-state index >= 15 is 0 Å². The Bertz CT molecular complexity index is 489. The van der Waals surface area contributed by atoms with E-state index in [4.69, 9.17) is 5.26 Å². The van der Waals surface area contributed by atoms with Crippen molar-refractivity contribution in [1.82, 2.24) is 14.9 Å². The van der Waals surface area contributed by atoms with Gasteiger partial charge in [0.15, 0.2) is 0 Å². The van der Waals surface area contributed by atoms with Crippen molar-refractivity contribution in [2.75, 3.05) is 42.9 Å². The van der Waals surface area contributed by atoms with E-state index in [-0.39, 0.29) is 6.54 Å². The summed E-state index contributed by atoms with van der Waals surface area (Å²) in [4.78, 5) is 23.2. The summed E-state index contributed by atoms with van der Waals surface area (Å²) in [7, 11) is 0. The van der Waals surface area contributed by atoms with Crippen LogP contribution in [0.3, 0.4) is 0 Å². The Morgan fingerprint density at radius 1 is 1.42 bits per heavy atom. The van der Waals surface area contributed by atoms with E-state index in [1.165, 1.54) is 0 Å². The van der Waals surface area contributed by atoms with Crippen LogP contribution in [0.2, 0.25) is 0 Å². The van der Waals surface area contributed by atoms with Crippen LogP contribution in [-0.4, -0.2) is 54.0 Å². The Kier molecular flexibility index (Phi) is 4.13. The van der Waals surface area contributed by atoms with Gasteiger partial charge in [-0.25, -0.2) is 9.97 Å². The number of aromatic nitrogens is 2. The second-order valence-corrected chi connectivity index (χ2v) is 4.30. The number of nitriles is 1. The summed E-state index contributed by atoms with van der Waals surface area (Å²) in [5.74, 6) is 2.15. The molecule has 1 N–H and O–H groups in total. The molecular weight excluding hydrogens is 244 g/mol. The average molecular weight is 260 g/mol. The standard InChI is InChI=1S/C12H16N6O/c1-10-15-11(14-3-2-13)8-12(16-10)18-6-4-17(9-19)5-7-18/h8-9H,3-7H2,1H3,(H,14,15,16). The Morgan fingerprint density at radius 3 is 2.79 bits per heavy atom. The largest absolute Gasteiger partial charge is 0.357 e. The van der Waals surface area contributed by atoms with Crippen LogP contribution in [-0.2, 0) is 4.79 Å². The van der Waals surface area contributed by atoms with Crippen molar-refractivity contribution >= 4 is 18.0 Å². The van der Waals surface area contributed by atoms with Crippen LogP contribution < -0.4 is 10.2 Å². The number of anilines is 2. The molecule has 1 saturated heterocycles. The molecular formula is C12H16N6O. The predicted molar refractivity (Wildman–Crippen MR) is 70.7 cm³/mol. The van der Waals surface area contributed by atoms with Crippen molar-refractivity contribution in [2.45, 2.75) is 6.92 Å². The summed E-state index contributed by atoms with van der Waals surface area (Å²) in [6.45, 7) is 4.96. The first-order valence-corrected chi connectivity index (χ1v) is 6.13. The molecule has 1 aliphatic heterocycles. The molecule has 19 heavy (non-hydrogen) atoms. The molecule has 2 rings (SSSR count). The summed E-state index contributed by atoms with van der Waals surface area (Å²) in [5.41, 5.74) is 0. The van der Waals surface area contributed by atoms with E-state index in [0.717, 1.165) is 25.3 Å². The number of nitrogens with one attached hydrogen (secondary N) is 1. The molecule has 7 nitrogen and oxygen atoms in total. The fraction of sp³-hybridized carbons (Fsp3) is 0.500. The molecule has 0 atom stereocenters. The summed E-state index contributed by atoms with van der Waals surface area (Å²) in [6.07, 6.45) is 0.877. The molecule has 7 heteroatoms. The number of amides is 1. The van der Waals surface area contributed by atoms with Crippen LogP contribution in [0.15, 0.2) is 6.07 Å². The SMILES string of the molecule is Cc1nc(NCC#N)cc(N2CCN(C=O)CC2)n1. The number of hydrogen-bond donors (Lipinski definition) is 1. The first kappa shape index (κ1) is 13.1. The number of nitrogens with zero attached hydrogens (tertiary/aromatic N) is 5. The number of aryl methyl sites for hydroxylation is 1. The molecule has 100 valence electrons. The van der Waals surface area contributed by atoms with Crippen LogP contribution in [0.5, 0.6) is 0 Å². The van der Waals surface area contributed by atoms with Gasteiger partial charge in [0.1, 0.15) is 24.0 Å². The zero-order valence-corrected chi connectivity index (χ0v) is 10.8. The normalized spacial score (nSPS) is 14.9. The summed E-state index contributed by atoms with van der Waals surface area (Å²) in [6, 6.07) is 3.85. The van der Waals surface area contributed by atoms with Gasteiger partial charge in [0.05, 0.1) is 6.07 Å². The lowest BCUT2D eigenvalue weighted by molar-refractivity contribution is -0.118. The molecule has 1 aliphatic rings. The van der Waals surface area contributed by atoms with E-state index in [1.807, 2.05) is 19.1 Å². The zero-order chi connectivity index (χ0) is 13.7. The lowest BCUT2D eigenvalue weighted by atomic mass is 10.3.